The van der Waals surface area contributed by atoms with E-state index in [1.54, 1.807) is 0 Å². The number of carbonyl (C=O) groups is 1. The summed E-state index contributed by atoms with van der Waals surface area (Å²) in [5, 5.41) is 9.24. The monoisotopic (exact) mass is 296 g/mol. The fourth-order valence-electron chi connectivity index (χ4n) is 3.16. The van der Waals surface area contributed by atoms with E-state index in [4.69, 9.17) is 4.74 Å². The summed E-state index contributed by atoms with van der Waals surface area (Å²) in [6.45, 7) is 6.18. The molecule has 1 N–H and O–H groups in total. The number of hydrogen-bond donors (Lipinski definition) is 1. The summed E-state index contributed by atoms with van der Waals surface area (Å²) < 4.78 is 5.38. The summed E-state index contributed by atoms with van der Waals surface area (Å²) >= 11 is 0. The van der Waals surface area contributed by atoms with Crippen LogP contribution >= 0.6 is 9.24 Å². The molecule has 112 valence electrons. The van der Waals surface area contributed by atoms with Crippen LogP contribution < -0.4 is 0 Å². The first kappa shape index (κ1) is 15.7. The lowest BCUT2D eigenvalue weighted by atomic mass is 9.95. The van der Waals surface area contributed by atoms with E-state index in [9.17, 15) is 9.90 Å². The molecule has 20 heavy (non-hydrogen) atoms. The van der Waals surface area contributed by atoms with Gasteiger partial charge in [-0.25, -0.2) is 4.79 Å². The number of carbonyl (C=O) groups excluding carboxylic acids is 1. The van der Waals surface area contributed by atoms with Crippen molar-refractivity contribution in [3.8, 4) is 0 Å². The maximum Gasteiger partial charge on any atom is 0.333 e. The molecule has 0 radical (unpaired) electrons. The highest BCUT2D eigenvalue weighted by Crippen LogP contribution is 2.59. The number of allylic oxidation sites excluding steroid dienone is 1. The molecule has 1 unspecified atom stereocenters. The molecule has 1 saturated heterocycles. The molecule has 0 aromatic rings. The molecule has 2 fully saturated rings. The van der Waals surface area contributed by atoms with Gasteiger partial charge in [0.2, 0.25) is 0 Å². The van der Waals surface area contributed by atoms with Gasteiger partial charge in [0.05, 0.1) is 6.61 Å². The van der Waals surface area contributed by atoms with Gasteiger partial charge in [-0.15, -0.1) is 9.24 Å². The minimum Gasteiger partial charge on any atom is -0.458 e. The molecule has 0 spiro atoms. The van der Waals surface area contributed by atoms with Gasteiger partial charge in [-0.2, -0.15) is 0 Å². The third-order valence-electron chi connectivity index (χ3n) is 4.68. The zero-order valence-electron chi connectivity index (χ0n) is 12.2. The molecular weight excluding hydrogens is 271 g/mol. The van der Waals surface area contributed by atoms with Crippen LogP contribution in [0.2, 0.25) is 0 Å². The molecule has 4 heteroatoms. The van der Waals surface area contributed by atoms with Gasteiger partial charge in [-0.1, -0.05) is 19.6 Å². The summed E-state index contributed by atoms with van der Waals surface area (Å²) in [4.78, 5) is 11.4. The fourth-order valence-corrected chi connectivity index (χ4v) is 3.53. The number of cyclic esters (lactones) is 1. The summed E-state index contributed by atoms with van der Waals surface area (Å²) in [7, 11) is 2.69. The molecular formula is C16H25O3P. The third kappa shape index (κ3) is 3.51. The van der Waals surface area contributed by atoms with E-state index >= 15 is 0 Å². The minimum atomic E-state index is -0.216. The molecule has 1 heterocycles. The molecule has 0 amide bonds. The highest BCUT2D eigenvalue weighted by Gasteiger charge is 2.56. The number of esters is 1. The number of ether oxygens (including phenoxy) is 1. The van der Waals surface area contributed by atoms with Gasteiger partial charge < -0.3 is 9.84 Å². The van der Waals surface area contributed by atoms with Crippen molar-refractivity contribution >= 4 is 15.2 Å². The molecule has 2 rings (SSSR count). The standard InChI is InChI=1S/C16H25O3P/c1-11-8-14(19-15(11)18)13-9-16(13,2)6-3-4-12(10-17)5-7-20/h4,13-14,17H,1,3,5-10,20H2,2H3/b12-4+/t13-,14-,16-/m0/s1. The molecule has 0 bridgehead atoms. The van der Waals surface area contributed by atoms with Crippen LogP contribution in [0.1, 0.15) is 39.0 Å². The number of rotatable bonds is 7. The molecule has 2 aliphatic rings. The van der Waals surface area contributed by atoms with Crippen molar-refractivity contribution < 1.29 is 14.6 Å². The lowest BCUT2D eigenvalue weighted by Gasteiger charge is -2.14. The Bertz CT molecular complexity index is 413. The largest absolute Gasteiger partial charge is 0.458 e. The summed E-state index contributed by atoms with van der Waals surface area (Å²) in [6, 6.07) is 0. The first-order valence-electron chi connectivity index (χ1n) is 7.38. The molecule has 1 aliphatic carbocycles. The Balaban J connectivity index is 1.80. The van der Waals surface area contributed by atoms with Crippen LogP contribution in [0.5, 0.6) is 0 Å². The SMILES string of the molecule is C=C1C[C@@H]([C@@H]2C[C@]2(C)CC/C=C(/CO)CCP)OC1=O. The Hall–Kier alpha value is -0.660. The fraction of sp³-hybridized carbons (Fsp3) is 0.688. The number of hydrogen-bond acceptors (Lipinski definition) is 3. The van der Waals surface area contributed by atoms with Gasteiger partial charge in [-0.05, 0) is 42.8 Å². The summed E-state index contributed by atoms with van der Waals surface area (Å²) in [5.74, 6) is 0.269. The third-order valence-corrected chi connectivity index (χ3v) is 4.97. The minimum absolute atomic E-state index is 0.0494. The molecule has 1 aliphatic heterocycles. The van der Waals surface area contributed by atoms with Gasteiger partial charge in [0.1, 0.15) is 6.10 Å². The molecule has 4 atom stereocenters. The van der Waals surface area contributed by atoms with E-state index < -0.39 is 0 Å². The van der Waals surface area contributed by atoms with Crippen LogP contribution in [0.4, 0.5) is 0 Å². The maximum absolute atomic E-state index is 11.4. The second-order valence-corrected chi connectivity index (χ2v) is 6.89. The van der Waals surface area contributed by atoms with Crippen LogP contribution in [0.3, 0.4) is 0 Å². The van der Waals surface area contributed by atoms with Gasteiger partial charge in [0.15, 0.2) is 0 Å². The van der Waals surface area contributed by atoms with Gasteiger partial charge in [0.25, 0.3) is 0 Å². The molecule has 1 saturated carbocycles. The average Bonchev–Trinajstić information content (AvgIpc) is 2.97. The maximum atomic E-state index is 11.4. The lowest BCUT2D eigenvalue weighted by molar-refractivity contribution is -0.139. The normalized spacial score (nSPS) is 33.5. The van der Waals surface area contributed by atoms with Crippen molar-refractivity contribution in [1.82, 2.24) is 0 Å². The van der Waals surface area contributed by atoms with Crippen molar-refractivity contribution in [3.05, 3.63) is 23.8 Å². The van der Waals surface area contributed by atoms with Crippen LogP contribution in [0.25, 0.3) is 0 Å². The van der Waals surface area contributed by atoms with Crippen molar-refractivity contribution in [2.24, 2.45) is 11.3 Å². The smallest absolute Gasteiger partial charge is 0.333 e. The van der Waals surface area contributed by atoms with Gasteiger partial charge in [0, 0.05) is 17.9 Å². The second kappa shape index (κ2) is 6.41. The first-order valence-corrected chi connectivity index (χ1v) is 8.19. The molecule has 0 aromatic carbocycles. The Morgan fingerprint density at radius 3 is 2.95 bits per heavy atom. The molecule has 0 aromatic heterocycles. The van der Waals surface area contributed by atoms with Crippen molar-refractivity contribution in [3.63, 3.8) is 0 Å². The topological polar surface area (TPSA) is 46.5 Å². The quantitative estimate of drug-likeness (QED) is 0.340. The van der Waals surface area contributed by atoms with Crippen LogP contribution in [0, 0.1) is 11.3 Å². The molecule has 3 nitrogen and oxygen atoms in total. The van der Waals surface area contributed by atoms with Crippen molar-refractivity contribution in [2.75, 3.05) is 12.8 Å². The number of aliphatic hydroxyl groups is 1. The van der Waals surface area contributed by atoms with E-state index in [0.29, 0.717) is 17.9 Å². The van der Waals surface area contributed by atoms with E-state index in [-0.39, 0.29) is 24.1 Å². The first-order chi connectivity index (χ1) is 9.50. The lowest BCUT2D eigenvalue weighted by Crippen LogP contribution is -2.14. The van der Waals surface area contributed by atoms with Crippen LogP contribution in [0.15, 0.2) is 23.8 Å². The predicted octanol–water partition coefficient (Wildman–Crippen LogP) is 2.85. The van der Waals surface area contributed by atoms with Crippen molar-refractivity contribution in [2.45, 2.75) is 45.1 Å². The van der Waals surface area contributed by atoms with E-state index in [1.165, 1.54) is 0 Å². The average molecular weight is 296 g/mol. The zero-order valence-corrected chi connectivity index (χ0v) is 13.4. The highest BCUT2D eigenvalue weighted by molar-refractivity contribution is 7.16. The predicted molar refractivity (Wildman–Crippen MR) is 83.4 cm³/mol. The van der Waals surface area contributed by atoms with Crippen molar-refractivity contribution in [1.29, 1.82) is 0 Å². The Morgan fingerprint density at radius 2 is 2.40 bits per heavy atom. The summed E-state index contributed by atoms with van der Waals surface area (Å²) in [5.41, 5.74) is 2.03. The van der Waals surface area contributed by atoms with Gasteiger partial charge in [-0.3, -0.25) is 0 Å². The zero-order chi connectivity index (χ0) is 14.8. The van der Waals surface area contributed by atoms with Gasteiger partial charge >= 0.3 is 5.97 Å². The Kier molecular flexibility index (Phi) is 5.04. The van der Waals surface area contributed by atoms with E-state index in [1.807, 2.05) is 0 Å². The highest BCUT2D eigenvalue weighted by atomic mass is 31.0. The second-order valence-electron chi connectivity index (χ2n) is 6.31. The Morgan fingerprint density at radius 1 is 1.65 bits per heavy atom. The number of aliphatic hydroxyl groups excluding tert-OH is 1. The van der Waals surface area contributed by atoms with Crippen LogP contribution in [-0.4, -0.2) is 29.9 Å². The summed E-state index contributed by atoms with van der Waals surface area (Å²) in [6.07, 6.45) is 8.08. The van der Waals surface area contributed by atoms with E-state index in [2.05, 4.69) is 28.8 Å². The Labute approximate surface area is 123 Å². The van der Waals surface area contributed by atoms with Crippen LogP contribution in [-0.2, 0) is 9.53 Å². The van der Waals surface area contributed by atoms with E-state index in [0.717, 1.165) is 37.4 Å².